The van der Waals surface area contributed by atoms with E-state index in [-0.39, 0.29) is 24.5 Å². The average Bonchev–Trinajstić information content (AvgIpc) is 3.08. The molecule has 20 heavy (non-hydrogen) atoms. The van der Waals surface area contributed by atoms with Crippen LogP contribution >= 0.6 is 0 Å². The van der Waals surface area contributed by atoms with Gasteiger partial charge in [-0.15, -0.1) is 0 Å². The van der Waals surface area contributed by atoms with Crippen LogP contribution < -0.4 is 5.32 Å². The van der Waals surface area contributed by atoms with Crippen LogP contribution in [0.5, 0.6) is 0 Å². The predicted molar refractivity (Wildman–Crippen MR) is 71.8 cm³/mol. The van der Waals surface area contributed by atoms with Crippen molar-refractivity contribution < 1.29 is 18.7 Å². The number of hydrogen-bond acceptors (Lipinski definition) is 4. The van der Waals surface area contributed by atoms with Gasteiger partial charge in [-0.25, -0.2) is 0 Å². The highest BCUT2D eigenvalue weighted by Crippen LogP contribution is 2.10. The van der Waals surface area contributed by atoms with Gasteiger partial charge in [0.25, 0.3) is 0 Å². The van der Waals surface area contributed by atoms with Crippen LogP contribution in [-0.4, -0.2) is 42.5 Å². The van der Waals surface area contributed by atoms with E-state index < -0.39 is 0 Å². The lowest BCUT2D eigenvalue weighted by atomic mass is 10.2. The summed E-state index contributed by atoms with van der Waals surface area (Å²) in [6.45, 7) is 3.04. The summed E-state index contributed by atoms with van der Waals surface area (Å²) in [6.07, 6.45) is 3.67. The normalized spacial score (nSPS) is 17.9. The lowest BCUT2D eigenvalue weighted by Gasteiger charge is -2.20. The van der Waals surface area contributed by atoms with E-state index in [1.165, 1.54) is 11.8 Å². The van der Waals surface area contributed by atoms with E-state index in [0.29, 0.717) is 18.8 Å². The Bertz CT molecular complexity index is 438. The third-order valence-corrected chi connectivity index (χ3v) is 3.26. The molecule has 6 heteroatoms. The zero-order valence-corrected chi connectivity index (χ0v) is 11.6. The van der Waals surface area contributed by atoms with Crippen molar-refractivity contribution in [1.82, 2.24) is 10.2 Å². The van der Waals surface area contributed by atoms with Crippen molar-refractivity contribution in [2.75, 3.05) is 19.7 Å². The van der Waals surface area contributed by atoms with Gasteiger partial charge in [-0.05, 0) is 25.0 Å². The van der Waals surface area contributed by atoms with E-state index in [0.717, 1.165) is 19.4 Å². The lowest BCUT2D eigenvalue weighted by Crippen LogP contribution is -2.41. The number of nitrogens with zero attached hydrogens (tertiary/aromatic N) is 1. The number of rotatable bonds is 6. The molecular weight excluding hydrogens is 260 g/mol. The van der Waals surface area contributed by atoms with Gasteiger partial charge in [0.15, 0.2) is 0 Å². The summed E-state index contributed by atoms with van der Waals surface area (Å²) < 4.78 is 10.6. The SMILES string of the molecule is CC(=O)N(CC(=O)NCC1CCCO1)Cc1ccco1. The Hall–Kier alpha value is -1.82. The van der Waals surface area contributed by atoms with Crippen LogP contribution in [0, 0.1) is 0 Å². The first kappa shape index (κ1) is 14.6. The Morgan fingerprint density at radius 1 is 1.50 bits per heavy atom. The number of amides is 2. The van der Waals surface area contributed by atoms with Crippen molar-refractivity contribution in [3.63, 3.8) is 0 Å². The molecular formula is C14H20N2O4. The van der Waals surface area contributed by atoms with Crippen molar-refractivity contribution >= 4 is 11.8 Å². The second-order valence-corrected chi connectivity index (χ2v) is 4.89. The average molecular weight is 280 g/mol. The Morgan fingerprint density at radius 2 is 2.35 bits per heavy atom. The molecule has 1 N–H and O–H groups in total. The van der Waals surface area contributed by atoms with Crippen LogP contribution in [-0.2, 0) is 20.9 Å². The van der Waals surface area contributed by atoms with E-state index in [4.69, 9.17) is 9.15 Å². The van der Waals surface area contributed by atoms with Gasteiger partial charge in [-0.3, -0.25) is 9.59 Å². The fourth-order valence-electron chi connectivity index (χ4n) is 2.13. The third-order valence-electron chi connectivity index (χ3n) is 3.26. The van der Waals surface area contributed by atoms with Crippen molar-refractivity contribution in [2.24, 2.45) is 0 Å². The molecule has 2 rings (SSSR count). The van der Waals surface area contributed by atoms with Gasteiger partial charge in [0, 0.05) is 20.1 Å². The maximum Gasteiger partial charge on any atom is 0.239 e. The van der Waals surface area contributed by atoms with Gasteiger partial charge in [-0.2, -0.15) is 0 Å². The maximum absolute atomic E-state index is 11.9. The van der Waals surface area contributed by atoms with Gasteiger partial charge in [0.1, 0.15) is 5.76 Å². The van der Waals surface area contributed by atoms with Crippen molar-refractivity contribution in [3.05, 3.63) is 24.2 Å². The predicted octanol–water partition coefficient (Wildman–Crippen LogP) is 0.923. The molecule has 0 radical (unpaired) electrons. The Labute approximate surface area is 118 Å². The standard InChI is InChI=1S/C14H20N2O4/c1-11(17)16(9-13-5-3-7-20-13)10-14(18)15-8-12-4-2-6-19-12/h3,5,7,12H,2,4,6,8-10H2,1H3,(H,15,18). The van der Waals surface area contributed by atoms with Crippen molar-refractivity contribution in [3.8, 4) is 0 Å². The van der Waals surface area contributed by atoms with Crippen LogP contribution in [0.4, 0.5) is 0 Å². The molecule has 1 aromatic heterocycles. The molecule has 0 aromatic carbocycles. The van der Waals surface area contributed by atoms with Gasteiger partial charge >= 0.3 is 0 Å². The van der Waals surface area contributed by atoms with Gasteiger partial charge in [0.2, 0.25) is 11.8 Å². The zero-order chi connectivity index (χ0) is 14.4. The van der Waals surface area contributed by atoms with E-state index in [2.05, 4.69) is 5.32 Å². The highest BCUT2D eigenvalue weighted by atomic mass is 16.5. The molecule has 0 saturated carbocycles. The quantitative estimate of drug-likeness (QED) is 0.841. The van der Waals surface area contributed by atoms with Crippen LogP contribution in [0.15, 0.2) is 22.8 Å². The largest absolute Gasteiger partial charge is 0.467 e. The number of nitrogens with one attached hydrogen (secondary N) is 1. The Kier molecular flexibility index (Phi) is 5.17. The number of carbonyl (C=O) groups excluding carboxylic acids is 2. The van der Waals surface area contributed by atoms with Gasteiger partial charge < -0.3 is 19.4 Å². The summed E-state index contributed by atoms with van der Waals surface area (Å²) in [7, 11) is 0. The minimum atomic E-state index is -0.178. The molecule has 0 aliphatic carbocycles. The van der Waals surface area contributed by atoms with E-state index >= 15 is 0 Å². The second-order valence-electron chi connectivity index (χ2n) is 4.89. The van der Waals surface area contributed by atoms with Gasteiger partial charge in [-0.1, -0.05) is 0 Å². The van der Waals surface area contributed by atoms with E-state index in [1.54, 1.807) is 18.4 Å². The number of ether oxygens (including phenoxy) is 1. The molecule has 1 atom stereocenters. The molecule has 1 aromatic rings. The van der Waals surface area contributed by atoms with Crippen molar-refractivity contribution in [1.29, 1.82) is 0 Å². The van der Waals surface area contributed by atoms with Crippen LogP contribution in [0.1, 0.15) is 25.5 Å². The molecule has 110 valence electrons. The van der Waals surface area contributed by atoms with E-state index in [9.17, 15) is 9.59 Å². The number of carbonyl (C=O) groups is 2. The molecule has 2 heterocycles. The fraction of sp³-hybridized carbons (Fsp3) is 0.571. The van der Waals surface area contributed by atoms with E-state index in [1.807, 2.05) is 0 Å². The minimum absolute atomic E-state index is 0.0305. The van der Waals surface area contributed by atoms with Crippen LogP contribution in [0.3, 0.4) is 0 Å². The Morgan fingerprint density at radius 3 is 2.95 bits per heavy atom. The van der Waals surface area contributed by atoms with Crippen LogP contribution in [0.2, 0.25) is 0 Å². The highest BCUT2D eigenvalue weighted by molar-refractivity contribution is 5.83. The highest BCUT2D eigenvalue weighted by Gasteiger charge is 2.18. The first-order valence-corrected chi connectivity index (χ1v) is 6.81. The molecule has 1 aliphatic heterocycles. The topological polar surface area (TPSA) is 71.8 Å². The number of hydrogen-bond donors (Lipinski definition) is 1. The molecule has 1 aliphatic rings. The third kappa shape index (κ3) is 4.38. The maximum atomic E-state index is 11.9. The monoisotopic (exact) mass is 280 g/mol. The molecule has 0 spiro atoms. The fourth-order valence-corrected chi connectivity index (χ4v) is 2.13. The summed E-state index contributed by atoms with van der Waals surface area (Å²) in [5.41, 5.74) is 0. The first-order chi connectivity index (χ1) is 9.65. The zero-order valence-electron chi connectivity index (χ0n) is 11.6. The minimum Gasteiger partial charge on any atom is -0.467 e. The van der Waals surface area contributed by atoms with Crippen molar-refractivity contribution in [2.45, 2.75) is 32.4 Å². The summed E-state index contributed by atoms with van der Waals surface area (Å²) in [6, 6.07) is 3.53. The molecule has 1 unspecified atom stereocenters. The van der Waals surface area contributed by atoms with Crippen LogP contribution in [0.25, 0.3) is 0 Å². The molecule has 1 fully saturated rings. The number of furan rings is 1. The first-order valence-electron chi connectivity index (χ1n) is 6.81. The summed E-state index contributed by atoms with van der Waals surface area (Å²) in [5, 5.41) is 2.80. The molecule has 1 saturated heterocycles. The molecule has 2 amide bonds. The summed E-state index contributed by atoms with van der Waals surface area (Å²) in [5.74, 6) is 0.322. The lowest BCUT2D eigenvalue weighted by molar-refractivity contribution is -0.135. The molecule has 0 bridgehead atoms. The van der Waals surface area contributed by atoms with Gasteiger partial charge in [0.05, 0.1) is 25.5 Å². The second kappa shape index (κ2) is 7.09. The molecule has 6 nitrogen and oxygen atoms in total. The summed E-state index contributed by atoms with van der Waals surface area (Å²) in [4.78, 5) is 24.8. The smallest absolute Gasteiger partial charge is 0.239 e. The Balaban J connectivity index is 1.78. The summed E-state index contributed by atoms with van der Waals surface area (Å²) >= 11 is 0.